The minimum atomic E-state index is -1.09. The smallest absolute Gasteiger partial charge is 0.411 e. The minimum absolute atomic E-state index is 0.0472. The van der Waals surface area contributed by atoms with E-state index in [2.05, 4.69) is 29.6 Å². The van der Waals surface area contributed by atoms with Crippen molar-refractivity contribution in [3.63, 3.8) is 0 Å². The van der Waals surface area contributed by atoms with Crippen LogP contribution in [0.4, 0.5) is 10.5 Å². The van der Waals surface area contributed by atoms with Gasteiger partial charge in [-0.05, 0) is 58.5 Å². The summed E-state index contributed by atoms with van der Waals surface area (Å²) in [6.07, 6.45) is -0.587. The average Bonchev–Trinajstić information content (AvgIpc) is 3.26. The zero-order valence-corrected chi connectivity index (χ0v) is 21.5. The summed E-state index contributed by atoms with van der Waals surface area (Å²) in [7, 11) is 0. The van der Waals surface area contributed by atoms with Gasteiger partial charge in [-0.15, -0.1) is 0 Å². The molecule has 196 valence electrons. The standard InChI is InChI=1S/C32H28N2O5/c1-21-17-23(31(37)34(19-30(35)36)18-22-9-3-2-4-10-22)15-16-29(21)33-32(38)39-20-28-26-13-7-5-11-24(26)25-12-6-8-14-27(25)28/h2-17,28H,18-20H2,1H3,(H,33,38)(H,35,36). The first-order valence-corrected chi connectivity index (χ1v) is 12.7. The number of fused-ring (bicyclic) bond motifs is 3. The highest BCUT2D eigenvalue weighted by Crippen LogP contribution is 2.44. The van der Waals surface area contributed by atoms with Gasteiger partial charge >= 0.3 is 12.1 Å². The maximum absolute atomic E-state index is 13.2. The van der Waals surface area contributed by atoms with Crippen LogP contribution in [0.3, 0.4) is 0 Å². The highest BCUT2D eigenvalue weighted by Gasteiger charge is 2.29. The highest BCUT2D eigenvalue weighted by molar-refractivity contribution is 5.97. The van der Waals surface area contributed by atoms with Crippen molar-refractivity contribution < 1.29 is 24.2 Å². The van der Waals surface area contributed by atoms with Crippen LogP contribution in [0.15, 0.2) is 97.1 Å². The number of carboxylic acids is 1. The van der Waals surface area contributed by atoms with Gasteiger partial charge in [-0.25, -0.2) is 4.79 Å². The van der Waals surface area contributed by atoms with E-state index < -0.39 is 24.5 Å². The number of amides is 2. The lowest BCUT2D eigenvalue weighted by atomic mass is 9.98. The first-order chi connectivity index (χ1) is 18.9. The molecule has 0 saturated carbocycles. The molecule has 0 bridgehead atoms. The molecular weight excluding hydrogens is 492 g/mol. The second-order valence-corrected chi connectivity index (χ2v) is 9.52. The molecule has 2 amide bonds. The molecular formula is C32H28N2O5. The fraction of sp³-hybridized carbons (Fsp3) is 0.156. The Hall–Kier alpha value is -4.91. The van der Waals surface area contributed by atoms with Gasteiger partial charge in [0.15, 0.2) is 0 Å². The molecule has 0 radical (unpaired) electrons. The van der Waals surface area contributed by atoms with Crippen molar-refractivity contribution in [1.82, 2.24) is 4.90 Å². The molecule has 7 heteroatoms. The van der Waals surface area contributed by atoms with Crippen molar-refractivity contribution in [3.8, 4) is 11.1 Å². The Balaban J connectivity index is 1.25. The van der Waals surface area contributed by atoms with Gasteiger partial charge in [0.2, 0.25) is 0 Å². The van der Waals surface area contributed by atoms with E-state index in [1.54, 1.807) is 25.1 Å². The zero-order valence-electron chi connectivity index (χ0n) is 21.5. The predicted octanol–water partition coefficient (Wildman–Crippen LogP) is 6.08. The van der Waals surface area contributed by atoms with Gasteiger partial charge in [0.1, 0.15) is 13.2 Å². The molecule has 0 spiro atoms. The van der Waals surface area contributed by atoms with Crippen LogP contribution in [-0.4, -0.2) is 41.1 Å². The molecule has 1 aliphatic carbocycles. The number of benzene rings is 4. The third-order valence-electron chi connectivity index (χ3n) is 6.88. The quantitative estimate of drug-likeness (QED) is 0.293. The molecule has 0 aliphatic heterocycles. The summed E-state index contributed by atoms with van der Waals surface area (Å²) in [4.78, 5) is 38.6. The maximum Gasteiger partial charge on any atom is 0.411 e. The Kier molecular flexibility index (Phi) is 7.41. The number of hydrogen-bond donors (Lipinski definition) is 2. The summed E-state index contributed by atoms with van der Waals surface area (Å²) < 4.78 is 5.63. The Morgan fingerprint density at radius 1 is 0.846 bits per heavy atom. The van der Waals surface area contributed by atoms with Crippen LogP contribution >= 0.6 is 0 Å². The number of rotatable bonds is 8. The Bertz CT molecular complexity index is 1490. The third-order valence-corrected chi connectivity index (χ3v) is 6.88. The molecule has 1 aliphatic rings. The van der Waals surface area contributed by atoms with Crippen LogP contribution in [-0.2, 0) is 16.1 Å². The number of carboxylic acid groups (broad SMARTS) is 1. The number of aryl methyl sites for hydroxylation is 1. The van der Waals surface area contributed by atoms with Crippen molar-refractivity contribution in [2.45, 2.75) is 19.4 Å². The molecule has 0 unspecified atom stereocenters. The summed E-state index contributed by atoms with van der Waals surface area (Å²) >= 11 is 0. The van der Waals surface area contributed by atoms with E-state index in [0.29, 0.717) is 16.8 Å². The largest absolute Gasteiger partial charge is 0.480 e. The van der Waals surface area contributed by atoms with Gasteiger partial charge in [-0.2, -0.15) is 0 Å². The van der Waals surface area contributed by atoms with Crippen LogP contribution in [0.1, 0.15) is 38.5 Å². The lowest BCUT2D eigenvalue weighted by molar-refractivity contribution is -0.137. The molecule has 0 atom stereocenters. The Morgan fingerprint density at radius 3 is 2.08 bits per heavy atom. The first kappa shape index (κ1) is 25.7. The second-order valence-electron chi connectivity index (χ2n) is 9.52. The molecule has 4 aromatic rings. The van der Waals surface area contributed by atoms with E-state index in [-0.39, 0.29) is 19.1 Å². The Labute approximate surface area is 226 Å². The first-order valence-electron chi connectivity index (χ1n) is 12.7. The number of nitrogens with zero attached hydrogens (tertiary/aromatic N) is 1. The van der Waals surface area contributed by atoms with Crippen LogP contribution in [0, 0.1) is 6.92 Å². The van der Waals surface area contributed by atoms with Gasteiger partial charge in [0.05, 0.1) is 0 Å². The number of ether oxygens (including phenoxy) is 1. The Morgan fingerprint density at radius 2 is 1.46 bits per heavy atom. The van der Waals surface area contributed by atoms with Crippen LogP contribution in [0.25, 0.3) is 11.1 Å². The monoisotopic (exact) mass is 520 g/mol. The molecule has 5 rings (SSSR count). The number of carbonyl (C=O) groups is 3. The van der Waals surface area contributed by atoms with Crippen molar-refractivity contribution in [2.24, 2.45) is 0 Å². The number of aliphatic carboxylic acids is 1. The normalized spacial score (nSPS) is 11.8. The molecule has 7 nitrogen and oxygen atoms in total. The number of hydrogen-bond acceptors (Lipinski definition) is 4. The number of anilines is 1. The van der Waals surface area contributed by atoms with Crippen molar-refractivity contribution in [1.29, 1.82) is 0 Å². The van der Waals surface area contributed by atoms with E-state index in [9.17, 15) is 19.5 Å². The minimum Gasteiger partial charge on any atom is -0.480 e. The number of carbonyl (C=O) groups excluding carboxylic acids is 2. The zero-order chi connectivity index (χ0) is 27.4. The average molecular weight is 521 g/mol. The van der Waals surface area contributed by atoms with Gasteiger partial charge in [0, 0.05) is 23.7 Å². The van der Waals surface area contributed by atoms with E-state index in [4.69, 9.17) is 4.74 Å². The van der Waals surface area contributed by atoms with Crippen molar-refractivity contribution in [3.05, 3.63) is 125 Å². The SMILES string of the molecule is Cc1cc(C(=O)N(CC(=O)O)Cc2ccccc2)ccc1NC(=O)OCC1c2ccccc2-c2ccccc21. The predicted molar refractivity (Wildman–Crippen MR) is 149 cm³/mol. The summed E-state index contributed by atoms with van der Waals surface area (Å²) in [5.41, 5.74) is 6.91. The van der Waals surface area contributed by atoms with E-state index >= 15 is 0 Å². The van der Waals surface area contributed by atoms with Gasteiger partial charge in [-0.1, -0.05) is 78.9 Å². The van der Waals surface area contributed by atoms with Crippen molar-refractivity contribution in [2.75, 3.05) is 18.5 Å². The summed E-state index contributed by atoms with van der Waals surface area (Å²) in [6, 6.07) is 30.3. The summed E-state index contributed by atoms with van der Waals surface area (Å²) in [5, 5.41) is 12.1. The van der Waals surface area contributed by atoms with Crippen LogP contribution < -0.4 is 5.32 Å². The molecule has 2 N–H and O–H groups in total. The van der Waals surface area contributed by atoms with Crippen LogP contribution in [0.2, 0.25) is 0 Å². The lowest BCUT2D eigenvalue weighted by Crippen LogP contribution is -2.35. The number of nitrogens with one attached hydrogen (secondary N) is 1. The topological polar surface area (TPSA) is 95.9 Å². The van der Waals surface area contributed by atoms with E-state index in [0.717, 1.165) is 27.8 Å². The fourth-order valence-corrected chi connectivity index (χ4v) is 5.03. The molecule has 0 aromatic heterocycles. The second kappa shape index (κ2) is 11.2. The third kappa shape index (κ3) is 5.67. The maximum atomic E-state index is 13.2. The molecule has 0 heterocycles. The molecule has 0 saturated heterocycles. The lowest BCUT2D eigenvalue weighted by Gasteiger charge is -2.21. The molecule has 39 heavy (non-hydrogen) atoms. The van der Waals surface area contributed by atoms with Gasteiger partial charge in [-0.3, -0.25) is 14.9 Å². The van der Waals surface area contributed by atoms with Crippen molar-refractivity contribution >= 4 is 23.7 Å². The fourth-order valence-electron chi connectivity index (χ4n) is 5.03. The van der Waals surface area contributed by atoms with E-state index in [1.165, 1.54) is 4.90 Å². The molecule has 4 aromatic carbocycles. The summed E-state index contributed by atoms with van der Waals surface area (Å²) in [5.74, 6) is -1.55. The van der Waals surface area contributed by atoms with Gasteiger partial charge in [0.25, 0.3) is 5.91 Å². The molecule has 0 fully saturated rings. The summed E-state index contributed by atoms with van der Waals surface area (Å²) in [6.45, 7) is 1.71. The van der Waals surface area contributed by atoms with Crippen LogP contribution in [0.5, 0.6) is 0 Å². The van der Waals surface area contributed by atoms with Gasteiger partial charge < -0.3 is 14.7 Å². The van der Waals surface area contributed by atoms with E-state index in [1.807, 2.05) is 54.6 Å². The highest BCUT2D eigenvalue weighted by atomic mass is 16.5.